The zero-order valence-corrected chi connectivity index (χ0v) is 20.3. The second kappa shape index (κ2) is 11.5. The highest BCUT2D eigenvalue weighted by Gasteiger charge is 2.23. The third kappa shape index (κ3) is 6.42. The Hall–Kier alpha value is -4.44. The number of pyridine rings is 1. The molecule has 0 bridgehead atoms. The van der Waals surface area contributed by atoms with Gasteiger partial charge >= 0.3 is 12.1 Å². The highest BCUT2D eigenvalue weighted by Crippen LogP contribution is 2.31. The SMILES string of the molecule is CC(OC(=O)Nc1c(F)noc1-c1ccc(NC(Cc2ccccc2)C(=O)O)nc1)c1ccccc1Cl. The van der Waals surface area contributed by atoms with Crippen LogP contribution < -0.4 is 10.6 Å². The minimum Gasteiger partial charge on any atom is -0.480 e. The quantitative estimate of drug-likeness (QED) is 0.245. The molecule has 2 unspecified atom stereocenters. The highest BCUT2D eigenvalue weighted by molar-refractivity contribution is 6.31. The Morgan fingerprint density at radius 3 is 2.51 bits per heavy atom. The van der Waals surface area contributed by atoms with Crippen molar-refractivity contribution in [1.29, 1.82) is 0 Å². The van der Waals surface area contributed by atoms with Gasteiger partial charge in [0, 0.05) is 28.8 Å². The molecular formula is C26H22ClFN4O5. The molecular weight excluding hydrogens is 503 g/mol. The van der Waals surface area contributed by atoms with E-state index < -0.39 is 30.2 Å². The number of nitrogens with zero attached hydrogens (tertiary/aromatic N) is 2. The standard InChI is InChI=1S/C26H22ClFN4O5/c1-15(18-9-5-6-10-19(18)27)36-26(35)31-22-23(37-32-24(22)28)17-11-12-21(29-14-17)30-20(25(33)34)13-16-7-3-2-4-8-16/h2-12,14-15,20H,13H2,1H3,(H,29,30)(H,31,35)(H,33,34). The fourth-order valence-electron chi connectivity index (χ4n) is 3.58. The van der Waals surface area contributed by atoms with Gasteiger partial charge in [-0.1, -0.05) is 60.1 Å². The molecule has 1 amide bonds. The van der Waals surface area contributed by atoms with Gasteiger partial charge in [0.05, 0.1) is 0 Å². The number of benzene rings is 2. The second-order valence-electron chi connectivity index (χ2n) is 8.03. The molecule has 0 aliphatic heterocycles. The van der Waals surface area contributed by atoms with E-state index >= 15 is 0 Å². The number of ether oxygens (including phenoxy) is 1. The molecule has 2 atom stereocenters. The van der Waals surface area contributed by atoms with Crippen LogP contribution >= 0.6 is 11.6 Å². The monoisotopic (exact) mass is 524 g/mol. The number of hydrogen-bond acceptors (Lipinski definition) is 7. The van der Waals surface area contributed by atoms with Gasteiger partial charge in [-0.3, -0.25) is 5.32 Å². The summed E-state index contributed by atoms with van der Waals surface area (Å²) in [5.74, 6) is -1.89. The number of carboxylic acid groups (broad SMARTS) is 1. The van der Waals surface area contributed by atoms with E-state index in [4.69, 9.17) is 20.9 Å². The number of carboxylic acids is 1. The van der Waals surface area contributed by atoms with Crippen LogP contribution in [0.1, 0.15) is 24.2 Å². The fourth-order valence-corrected chi connectivity index (χ4v) is 3.87. The first-order chi connectivity index (χ1) is 17.8. The smallest absolute Gasteiger partial charge is 0.412 e. The van der Waals surface area contributed by atoms with Gasteiger partial charge in [0.15, 0.2) is 5.76 Å². The molecule has 0 saturated carbocycles. The molecule has 0 spiro atoms. The van der Waals surface area contributed by atoms with Crippen LogP contribution in [0.4, 0.5) is 20.7 Å². The Kier molecular flexibility index (Phi) is 7.99. The van der Waals surface area contributed by atoms with Crippen LogP contribution in [0.3, 0.4) is 0 Å². The molecule has 0 saturated heterocycles. The van der Waals surface area contributed by atoms with Gasteiger partial charge in [-0.25, -0.2) is 14.6 Å². The number of carbonyl (C=O) groups is 2. The van der Waals surface area contributed by atoms with E-state index in [0.29, 0.717) is 16.1 Å². The van der Waals surface area contributed by atoms with Crippen molar-refractivity contribution in [3.63, 3.8) is 0 Å². The fraction of sp³-hybridized carbons (Fsp3) is 0.154. The summed E-state index contributed by atoms with van der Waals surface area (Å²) in [6, 6.07) is 18.2. The number of amides is 1. The average Bonchev–Trinajstić information content (AvgIpc) is 3.24. The van der Waals surface area contributed by atoms with Crippen LogP contribution in [0.25, 0.3) is 11.3 Å². The van der Waals surface area contributed by atoms with Gasteiger partial charge in [-0.2, -0.15) is 4.39 Å². The molecule has 37 heavy (non-hydrogen) atoms. The molecule has 0 aliphatic rings. The van der Waals surface area contributed by atoms with Crippen molar-refractivity contribution in [2.45, 2.75) is 25.5 Å². The molecule has 0 aliphatic carbocycles. The molecule has 0 radical (unpaired) electrons. The van der Waals surface area contributed by atoms with Crippen molar-refractivity contribution < 1.29 is 28.3 Å². The van der Waals surface area contributed by atoms with Crippen LogP contribution in [0.2, 0.25) is 5.02 Å². The molecule has 4 aromatic rings. The number of nitrogens with one attached hydrogen (secondary N) is 2. The van der Waals surface area contributed by atoms with E-state index in [9.17, 15) is 19.1 Å². The summed E-state index contributed by atoms with van der Waals surface area (Å²) in [4.78, 5) is 28.4. The van der Waals surface area contributed by atoms with E-state index in [1.807, 2.05) is 30.3 Å². The summed E-state index contributed by atoms with van der Waals surface area (Å²) in [5.41, 5.74) is 1.41. The molecule has 11 heteroatoms. The van der Waals surface area contributed by atoms with Gasteiger partial charge in [0.1, 0.15) is 23.7 Å². The molecule has 190 valence electrons. The average molecular weight is 525 g/mol. The maximum absolute atomic E-state index is 14.3. The first kappa shape index (κ1) is 25.6. The largest absolute Gasteiger partial charge is 0.480 e. The number of carbonyl (C=O) groups excluding carboxylic acids is 1. The van der Waals surface area contributed by atoms with Crippen molar-refractivity contribution in [3.8, 4) is 11.3 Å². The predicted octanol–water partition coefficient (Wildman–Crippen LogP) is 5.95. The maximum Gasteiger partial charge on any atom is 0.412 e. The van der Waals surface area contributed by atoms with Crippen molar-refractivity contribution in [2.75, 3.05) is 10.6 Å². The van der Waals surface area contributed by atoms with E-state index in [2.05, 4.69) is 20.8 Å². The van der Waals surface area contributed by atoms with E-state index in [0.717, 1.165) is 5.56 Å². The normalized spacial score (nSPS) is 12.4. The summed E-state index contributed by atoms with van der Waals surface area (Å²) >= 11 is 6.14. The molecule has 2 heterocycles. The Balaban J connectivity index is 1.45. The number of hydrogen-bond donors (Lipinski definition) is 3. The number of rotatable bonds is 9. The van der Waals surface area contributed by atoms with Crippen molar-refractivity contribution in [1.82, 2.24) is 10.1 Å². The molecule has 2 aromatic heterocycles. The summed E-state index contributed by atoms with van der Waals surface area (Å²) in [5, 5.41) is 18.5. The Bertz CT molecular complexity index is 1380. The lowest BCUT2D eigenvalue weighted by atomic mass is 10.1. The first-order valence-electron chi connectivity index (χ1n) is 11.2. The molecule has 9 nitrogen and oxygen atoms in total. The first-order valence-corrected chi connectivity index (χ1v) is 11.6. The van der Waals surface area contributed by atoms with Crippen LogP contribution in [-0.2, 0) is 16.0 Å². The topological polar surface area (TPSA) is 127 Å². The van der Waals surface area contributed by atoms with Crippen LogP contribution in [0.5, 0.6) is 0 Å². The highest BCUT2D eigenvalue weighted by atomic mass is 35.5. The van der Waals surface area contributed by atoms with E-state index in [-0.39, 0.29) is 23.7 Å². The van der Waals surface area contributed by atoms with Crippen molar-refractivity contribution in [2.24, 2.45) is 0 Å². The van der Waals surface area contributed by atoms with Gasteiger partial charge in [0.25, 0.3) is 5.95 Å². The third-order valence-electron chi connectivity index (χ3n) is 5.43. The number of aliphatic carboxylic acids is 1. The maximum atomic E-state index is 14.3. The van der Waals surface area contributed by atoms with Crippen LogP contribution in [-0.4, -0.2) is 33.4 Å². The lowest BCUT2D eigenvalue weighted by Crippen LogP contribution is -2.31. The van der Waals surface area contributed by atoms with Crippen LogP contribution in [0, 0.1) is 5.95 Å². The lowest BCUT2D eigenvalue weighted by molar-refractivity contribution is -0.137. The van der Waals surface area contributed by atoms with Gasteiger partial charge < -0.3 is 19.7 Å². The minimum atomic E-state index is -1.05. The Labute approximate surface area is 216 Å². The number of halogens is 2. The van der Waals surface area contributed by atoms with Gasteiger partial charge in [-0.05, 0) is 35.8 Å². The zero-order chi connectivity index (χ0) is 26.4. The van der Waals surface area contributed by atoms with E-state index in [1.54, 1.807) is 31.2 Å². The Morgan fingerprint density at radius 1 is 1.11 bits per heavy atom. The zero-order valence-electron chi connectivity index (χ0n) is 19.5. The summed E-state index contributed by atoms with van der Waals surface area (Å²) < 4.78 is 24.7. The second-order valence-corrected chi connectivity index (χ2v) is 8.44. The van der Waals surface area contributed by atoms with Crippen molar-refractivity contribution >= 4 is 35.2 Å². The van der Waals surface area contributed by atoms with Gasteiger partial charge in [-0.15, -0.1) is 0 Å². The van der Waals surface area contributed by atoms with E-state index in [1.165, 1.54) is 18.3 Å². The third-order valence-corrected chi connectivity index (χ3v) is 5.78. The lowest BCUT2D eigenvalue weighted by Gasteiger charge is -2.16. The summed E-state index contributed by atoms with van der Waals surface area (Å²) in [6.45, 7) is 1.63. The molecule has 4 rings (SSSR count). The number of anilines is 2. The molecule has 0 fully saturated rings. The van der Waals surface area contributed by atoms with Crippen LogP contribution in [0.15, 0.2) is 77.4 Å². The number of aromatic nitrogens is 2. The minimum absolute atomic E-state index is 0.0852. The van der Waals surface area contributed by atoms with Gasteiger partial charge in [0.2, 0.25) is 0 Å². The van der Waals surface area contributed by atoms with Crippen molar-refractivity contribution in [3.05, 3.63) is 95.0 Å². The Morgan fingerprint density at radius 2 is 1.84 bits per heavy atom. The molecule has 3 N–H and O–H groups in total. The summed E-state index contributed by atoms with van der Waals surface area (Å²) in [7, 11) is 0. The summed E-state index contributed by atoms with van der Waals surface area (Å²) in [6.07, 6.45) is -0.0557. The predicted molar refractivity (Wildman–Crippen MR) is 135 cm³/mol. The molecule has 2 aromatic carbocycles.